The van der Waals surface area contributed by atoms with E-state index in [1.165, 1.54) is 12.1 Å². The first kappa shape index (κ1) is 19.5. The van der Waals surface area contributed by atoms with Crippen molar-refractivity contribution in [3.8, 4) is 17.0 Å². The average Bonchev–Trinajstić information content (AvgIpc) is 3.38. The second-order valence-corrected chi connectivity index (χ2v) is 7.34. The van der Waals surface area contributed by atoms with Gasteiger partial charge in [0.1, 0.15) is 11.6 Å². The number of amides is 1. The summed E-state index contributed by atoms with van der Waals surface area (Å²) in [5, 5.41) is 3.76. The molecule has 6 heteroatoms. The monoisotopic (exact) mass is 396 g/mol. The molecular weight excluding hydrogens is 371 g/mol. The van der Waals surface area contributed by atoms with Crippen LogP contribution in [0, 0.1) is 5.82 Å². The molecule has 0 radical (unpaired) electrons. The van der Waals surface area contributed by atoms with Gasteiger partial charge in [0.25, 0.3) is 0 Å². The molecule has 1 aliphatic rings. The Labute approximate surface area is 169 Å². The number of rotatable bonds is 7. The maximum absolute atomic E-state index is 13.9. The predicted octanol–water partition coefficient (Wildman–Crippen LogP) is 4.21. The van der Waals surface area contributed by atoms with Crippen molar-refractivity contribution in [3.05, 3.63) is 53.8 Å². The lowest BCUT2D eigenvalue weighted by atomic mass is 10.0. The van der Waals surface area contributed by atoms with Gasteiger partial charge in [0, 0.05) is 36.2 Å². The zero-order valence-electron chi connectivity index (χ0n) is 16.5. The Balaban J connectivity index is 1.55. The summed E-state index contributed by atoms with van der Waals surface area (Å²) in [7, 11) is 1.63. The zero-order valence-corrected chi connectivity index (χ0v) is 16.5. The van der Waals surface area contributed by atoms with Crippen molar-refractivity contribution in [1.82, 2.24) is 10.3 Å². The highest BCUT2D eigenvalue weighted by atomic mass is 19.1. The topological polar surface area (TPSA) is 63.4 Å². The van der Waals surface area contributed by atoms with E-state index in [2.05, 4.69) is 10.3 Å². The van der Waals surface area contributed by atoms with Gasteiger partial charge in [0.05, 0.1) is 13.2 Å². The zero-order chi connectivity index (χ0) is 20.2. The summed E-state index contributed by atoms with van der Waals surface area (Å²) < 4.78 is 24.7. The van der Waals surface area contributed by atoms with Gasteiger partial charge in [-0.3, -0.25) is 4.79 Å². The van der Waals surface area contributed by atoms with Crippen LogP contribution in [0.3, 0.4) is 0 Å². The molecule has 1 atom stereocenters. The molecule has 29 heavy (non-hydrogen) atoms. The second-order valence-electron chi connectivity index (χ2n) is 7.34. The highest BCUT2D eigenvalue weighted by Crippen LogP contribution is 2.32. The fourth-order valence-corrected chi connectivity index (χ4v) is 3.84. The number of methoxy groups -OCH3 is 1. The van der Waals surface area contributed by atoms with E-state index < -0.39 is 0 Å². The normalized spacial score (nSPS) is 16.3. The number of halogens is 1. The number of fused-ring (bicyclic) bond motifs is 1. The first-order chi connectivity index (χ1) is 14.1. The second kappa shape index (κ2) is 8.66. The number of aromatic amines is 1. The van der Waals surface area contributed by atoms with Crippen LogP contribution in [-0.2, 0) is 16.0 Å². The maximum atomic E-state index is 13.9. The van der Waals surface area contributed by atoms with Crippen LogP contribution in [0.1, 0.15) is 24.8 Å². The molecule has 3 aromatic rings. The summed E-state index contributed by atoms with van der Waals surface area (Å²) in [6.07, 6.45) is 3.01. The van der Waals surface area contributed by atoms with Gasteiger partial charge in [0.2, 0.25) is 5.91 Å². The number of aryl methyl sites for hydroxylation is 1. The van der Waals surface area contributed by atoms with E-state index in [1.807, 2.05) is 24.3 Å². The third-order valence-electron chi connectivity index (χ3n) is 5.40. The molecule has 1 aromatic heterocycles. The first-order valence-electron chi connectivity index (χ1n) is 9.97. The molecule has 5 nitrogen and oxygen atoms in total. The quantitative estimate of drug-likeness (QED) is 0.629. The smallest absolute Gasteiger partial charge is 0.220 e. The van der Waals surface area contributed by atoms with Gasteiger partial charge in [-0.2, -0.15) is 0 Å². The van der Waals surface area contributed by atoms with Crippen LogP contribution < -0.4 is 10.1 Å². The van der Waals surface area contributed by atoms with Crippen molar-refractivity contribution in [3.63, 3.8) is 0 Å². The first-order valence-corrected chi connectivity index (χ1v) is 9.97. The van der Waals surface area contributed by atoms with Gasteiger partial charge < -0.3 is 19.8 Å². The Kier molecular flexibility index (Phi) is 5.81. The van der Waals surface area contributed by atoms with E-state index in [0.717, 1.165) is 52.9 Å². The number of H-pyrrole nitrogens is 1. The number of aromatic nitrogens is 1. The van der Waals surface area contributed by atoms with E-state index in [1.54, 1.807) is 13.2 Å². The molecule has 152 valence electrons. The average molecular weight is 396 g/mol. The van der Waals surface area contributed by atoms with Gasteiger partial charge >= 0.3 is 0 Å². The summed E-state index contributed by atoms with van der Waals surface area (Å²) in [5.41, 5.74) is 3.67. The Morgan fingerprint density at radius 3 is 2.83 bits per heavy atom. The lowest BCUT2D eigenvalue weighted by Gasteiger charge is -2.11. The molecule has 2 aromatic carbocycles. The van der Waals surface area contributed by atoms with Gasteiger partial charge in [-0.1, -0.05) is 0 Å². The van der Waals surface area contributed by atoms with Crippen LogP contribution in [0.4, 0.5) is 4.39 Å². The molecule has 0 spiro atoms. The lowest BCUT2D eigenvalue weighted by molar-refractivity contribution is -0.121. The number of carbonyl (C=O) groups is 1. The molecular formula is C23H25FN2O3. The standard InChI is InChI=1S/C23H25FN2O3/c1-28-17-7-4-15(5-8-17)23-19(20-13-16(24)6-10-21(20)26-23)9-11-22(27)25-14-18-3-2-12-29-18/h4-8,10,13,18,26H,2-3,9,11-12,14H2,1H3,(H,25,27)/t18-/m1/s1. The van der Waals surface area contributed by atoms with Crippen molar-refractivity contribution < 1.29 is 18.7 Å². The molecule has 1 aliphatic heterocycles. The maximum Gasteiger partial charge on any atom is 0.220 e. The highest BCUT2D eigenvalue weighted by Gasteiger charge is 2.18. The largest absolute Gasteiger partial charge is 0.497 e. The predicted molar refractivity (Wildman–Crippen MR) is 111 cm³/mol. The van der Waals surface area contributed by atoms with Crippen molar-refractivity contribution in [2.24, 2.45) is 0 Å². The fourth-order valence-electron chi connectivity index (χ4n) is 3.84. The van der Waals surface area contributed by atoms with Gasteiger partial charge in [-0.25, -0.2) is 4.39 Å². The van der Waals surface area contributed by atoms with Crippen LogP contribution in [-0.4, -0.2) is 37.3 Å². The Hall–Kier alpha value is -2.86. The van der Waals surface area contributed by atoms with Crippen molar-refractivity contribution >= 4 is 16.8 Å². The van der Waals surface area contributed by atoms with Crippen molar-refractivity contribution in [2.75, 3.05) is 20.3 Å². The van der Waals surface area contributed by atoms with Crippen molar-refractivity contribution in [2.45, 2.75) is 31.8 Å². The highest BCUT2D eigenvalue weighted by molar-refractivity contribution is 5.91. The SMILES string of the molecule is COc1ccc(-c2[nH]c3ccc(F)cc3c2CCC(=O)NC[C@H]2CCCO2)cc1. The summed E-state index contributed by atoms with van der Waals surface area (Å²) in [4.78, 5) is 15.7. The van der Waals surface area contributed by atoms with E-state index in [0.29, 0.717) is 19.4 Å². The minimum Gasteiger partial charge on any atom is -0.497 e. The molecule has 1 saturated heterocycles. The molecule has 0 bridgehead atoms. The Morgan fingerprint density at radius 2 is 2.10 bits per heavy atom. The van der Waals surface area contributed by atoms with Crippen molar-refractivity contribution in [1.29, 1.82) is 0 Å². The molecule has 1 amide bonds. The molecule has 2 N–H and O–H groups in total. The third-order valence-corrected chi connectivity index (χ3v) is 5.40. The van der Waals surface area contributed by atoms with Crippen LogP contribution in [0.15, 0.2) is 42.5 Å². The molecule has 1 fully saturated rings. The van der Waals surface area contributed by atoms with Crippen LogP contribution in [0.5, 0.6) is 5.75 Å². The molecule has 0 aliphatic carbocycles. The van der Waals surface area contributed by atoms with Crippen LogP contribution >= 0.6 is 0 Å². The molecule has 0 unspecified atom stereocenters. The number of hydrogen-bond acceptors (Lipinski definition) is 3. The minimum absolute atomic E-state index is 0.0214. The lowest BCUT2D eigenvalue weighted by Crippen LogP contribution is -2.31. The summed E-state index contributed by atoms with van der Waals surface area (Å²) in [6, 6.07) is 12.4. The fraction of sp³-hybridized carbons (Fsp3) is 0.348. The van der Waals surface area contributed by atoms with E-state index in [4.69, 9.17) is 9.47 Å². The number of ether oxygens (including phenoxy) is 2. The Morgan fingerprint density at radius 1 is 1.28 bits per heavy atom. The molecule has 4 rings (SSSR count). The number of carbonyl (C=O) groups excluding carboxylic acids is 1. The summed E-state index contributed by atoms with van der Waals surface area (Å²) in [6.45, 7) is 1.32. The van der Waals surface area contributed by atoms with Gasteiger partial charge in [0.15, 0.2) is 0 Å². The minimum atomic E-state index is -0.290. The van der Waals surface area contributed by atoms with E-state index in [-0.39, 0.29) is 17.8 Å². The van der Waals surface area contributed by atoms with Gasteiger partial charge in [-0.05, 0) is 72.9 Å². The summed E-state index contributed by atoms with van der Waals surface area (Å²) in [5.74, 6) is 0.458. The van der Waals surface area contributed by atoms with Crippen LogP contribution in [0.2, 0.25) is 0 Å². The number of nitrogens with one attached hydrogen (secondary N) is 2. The molecule has 0 saturated carbocycles. The molecule has 2 heterocycles. The van der Waals surface area contributed by atoms with E-state index in [9.17, 15) is 9.18 Å². The third kappa shape index (κ3) is 4.43. The number of hydrogen-bond donors (Lipinski definition) is 2. The Bertz CT molecular complexity index is 991. The number of benzene rings is 2. The summed E-state index contributed by atoms with van der Waals surface area (Å²) >= 11 is 0. The van der Waals surface area contributed by atoms with E-state index >= 15 is 0 Å². The van der Waals surface area contributed by atoms with Crippen LogP contribution in [0.25, 0.3) is 22.2 Å². The van der Waals surface area contributed by atoms with Gasteiger partial charge in [-0.15, -0.1) is 0 Å².